The molecule has 1 aromatic rings. The maximum atomic E-state index is 11.6. The van der Waals surface area contributed by atoms with Crippen LogP contribution in [0.4, 0.5) is 0 Å². The van der Waals surface area contributed by atoms with Gasteiger partial charge in [-0.15, -0.1) is 24.0 Å². The van der Waals surface area contributed by atoms with Crippen LogP contribution in [0.5, 0.6) is 0 Å². The summed E-state index contributed by atoms with van der Waals surface area (Å²) in [6.45, 7) is 1.13. The van der Waals surface area contributed by atoms with Crippen LogP contribution in [0.3, 0.4) is 0 Å². The third-order valence-electron chi connectivity index (χ3n) is 4.80. The summed E-state index contributed by atoms with van der Waals surface area (Å²) in [5.41, 5.74) is 0. The molecule has 2 fully saturated rings. The van der Waals surface area contributed by atoms with Crippen LogP contribution < -0.4 is 10.6 Å². The van der Waals surface area contributed by atoms with E-state index in [2.05, 4.69) is 15.6 Å². The van der Waals surface area contributed by atoms with Gasteiger partial charge in [0.25, 0.3) is 0 Å². The zero-order chi connectivity index (χ0) is 16.8. The Kier molecular flexibility index (Phi) is 8.05. The van der Waals surface area contributed by atoms with Crippen molar-refractivity contribution in [3.8, 4) is 0 Å². The molecular formula is C17H28IN3O3S. The summed E-state index contributed by atoms with van der Waals surface area (Å²) in [7, 11) is -2.83. The van der Waals surface area contributed by atoms with E-state index in [-0.39, 0.29) is 35.6 Å². The molecule has 1 saturated carbocycles. The van der Waals surface area contributed by atoms with Crippen LogP contribution in [0.15, 0.2) is 27.8 Å². The van der Waals surface area contributed by atoms with E-state index in [1.54, 1.807) is 6.26 Å². The molecule has 8 heteroatoms. The number of nitrogens with zero attached hydrogens (tertiary/aromatic N) is 1. The van der Waals surface area contributed by atoms with Crippen molar-refractivity contribution >= 4 is 39.8 Å². The Balaban J connectivity index is 0.00000225. The lowest BCUT2D eigenvalue weighted by molar-refractivity contribution is 0.408. The molecule has 1 aliphatic heterocycles. The average molecular weight is 481 g/mol. The van der Waals surface area contributed by atoms with Crippen LogP contribution in [-0.2, 0) is 16.4 Å². The van der Waals surface area contributed by atoms with Crippen molar-refractivity contribution in [1.29, 1.82) is 0 Å². The Morgan fingerprint density at radius 2 is 2.04 bits per heavy atom. The van der Waals surface area contributed by atoms with E-state index in [0.29, 0.717) is 24.9 Å². The van der Waals surface area contributed by atoms with Gasteiger partial charge >= 0.3 is 0 Å². The molecule has 0 spiro atoms. The van der Waals surface area contributed by atoms with E-state index in [0.717, 1.165) is 18.1 Å². The number of rotatable bonds is 5. The van der Waals surface area contributed by atoms with Crippen LogP contribution in [-0.4, -0.2) is 38.5 Å². The highest BCUT2D eigenvalue weighted by Gasteiger charge is 2.28. The van der Waals surface area contributed by atoms with Crippen molar-refractivity contribution in [2.24, 2.45) is 10.9 Å². The Morgan fingerprint density at radius 3 is 2.68 bits per heavy atom. The summed E-state index contributed by atoms with van der Waals surface area (Å²) in [5.74, 6) is 2.37. The van der Waals surface area contributed by atoms with Crippen molar-refractivity contribution in [3.05, 3.63) is 24.2 Å². The molecule has 1 aliphatic carbocycles. The number of halogens is 1. The van der Waals surface area contributed by atoms with E-state index in [1.807, 2.05) is 12.1 Å². The van der Waals surface area contributed by atoms with Crippen LogP contribution >= 0.6 is 24.0 Å². The predicted octanol–water partition coefficient (Wildman–Crippen LogP) is 2.70. The highest BCUT2D eigenvalue weighted by atomic mass is 127. The number of guanidine groups is 1. The molecular weight excluding hydrogens is 453 g/mol. The topological polar surface area (TPSA) is 83.7 Å². The van der Waals surface area contributed by atoms with Crippen molar-refractivity contribution in [3.63, 3.8) is 0 Å². The van der Waals surface area contributed by atoms with Gasteiger partial charge in [-0.3, -0.25) is 0 Å². The molecule has 0 bridgehead atoms. The number of hydrogen-bond donors (Lipinski definition) is 2. The van der Waals surface area contributed by atoms with Gasteiger partial charge in [-0.05, 0) is 37.3 Å². The molecule has 1 aromatic heterocycles. The fourth-order valence-electron chi connectivity index (χ4n) is 3.43. The highest BCUT2D eigenvalue weighted by Crippen LogP contribution is 2.18. The molecule has 1 unspecified atom stereocenters. The van der Waals surface area contributed by atoms with Crippen LogP contribution in [0.25, 0.3) is 0 Å². The summed E-state index contributed by atoms with van der Waals surface area (Å²) in [4.78, 5) is 4.61. The smallest absolute Gasteiger partial charge is 0.191 e. The Labute approximate surface area is 167 Å². The van der Waals surface area contributed by atoms with E-state index >= 15 is 0 Å². The summed E-state index contributed by atoms with van der Waals surface area (Å²) < 4.78 is 28.5. The van der Waals surface area contributed by atoms with Gasteiger partial charge in [0.05, 0.1) is 17.8 Å². The monoisotopic (exact) mass is 481 g/mol. The Morgan fingerprint density at radius 1 is 1.24 bits per heavy atom. The number of sulfone groups is 1. The largest absolute Gasteiger partial charge is 0.467 e. The van der Waals surface area contributed by atoms with Gasteiger partial charge in [0, 0.05) is 12.6 Å². The maximum absolute atomic E-state index is 11.6. The van der Waals surface area contributed by atoms with Crippen molar-refractivity contribution in [2.75, 3.05) is 18.1 Å². The summed E-state index contributed by atoms with van der Waals surface area (Å²) >= 11 is 0. The molecule has 25 heavy (non-hydrogen) atoms. The second kappa shape index (κ2) is 9.80. The first-order valence-corrected chi connectivity index (χ1v) is 10.7. The maximum Gasteiger partial charge on any atom is 0.191 e. The first kappa shape index (κ1) is 20.5. The molecule has 1 atom stereocenters. The quantitative estimate of drug-likeness (QED) is 0.384. The number of aliphatic imine (C=N–C) groups is 1. The molecule has 2 N–H and O–H groups in total. The van der Waals surface area contributed by atoms with E-state index < -0.39 is 9.84 Å². The number of furan rings is 1. The second-order valence-electron chi connectivity index (χ2n) is 6.87. The van der Waals surface area contributed by atoms with Crippen molar-refractivity contribution < 1.29 is 12.8 Å². The number of hydrogen-bond acceptors (Lipinski definition) is 4. The standard InChI is InChI=1S/C17H27N3O3S.HI/c21-24(22)10-8-14(13-24)11-18-17(19-12-16-7-4-9-23-16)20-15-5-2-1-3-6-15;/h4,7,9,14-15H,1-3,5-6,8,10-13H2,(H2,18,19,20);1H. The molecule has 2 aliphatic rings. The van der Waals surface area contributed by atoms with E-state index in [4.69, 9.17) is 4.42 Å². The van der Waals surface area contributed by atoms with Crippen LogP contribution in [0, 0.1) is 5.92 Å². The SMILES string of the molecule is I.O=S1(=O)CCC(CNC(=NCc2ccco2)NC2CCCCC2)C1. The summed E-state index contributed by atoms with van der Waals surface area (Å²) in [5, 5.41) is 6.85. The van der Waals surface area contributed by atoms with Gasteiger partial charge in [0.1, 0.15) is 12.3 Å². The van der Waals surface area contributed by atoms with E-state index in [1.165, 1.54) is 32.1 Å². The minimum atomic E-state index is -2.83. The molecule has 6 nitrogen and oxygen atoms in total. The molecule has 0 aromatic carbocycles. The molecule has 0 amide bonds. The third kappa shape index (κ3) is 6.80. The van der Waals surface area contributed by atoms with Gasteiger partial charge < -0.3 is 15.1 Å². The van der Waals surface area contributed by atoms with Gasteiger partial charge in [-0.2, -0.15) is 0 Å². The molecule has 3 rings (SSSR count). The van der Waals surface area contributed by atoms with Gasteiger partial charge in [-0.25, -0.2) is 13.4 Å². The number of nitrogens with one attached hydrogen (secondary N) is 2. The minimum absolute atomic E-state index is 0. The first-order chi connectivity index (χ1) is 11.6. The fourth-order valence-corrected chi connectivity index (χ4v) is 5.29. The second-order valence-corrected chi connectivity index (χ2v) is 9.10. The molecule has 1 saturated heterocycles. The fraction of sp³-hybridized carbons (Fsp3) is 0.706. The molecule has 142 valence electrons. The lowest BCUT2D eigenvalue weighted by Gasteiger charge is -2.25. The first-order valence-electron chi connectivity index (χ1n) is 8.88. The predicted molar refractivity (Wildman–Crippen MR) is 110 cm³/mol. The van der Waals surface area contributed by atoms with Crippen LogP contribution in [0.1, 0.15) is 44.3 Å². The van der Waals surface area contributed by atoms with E-state index in [9.17, 15) is 8.42 Å². The summed E-state index contributed by atoms with van der Waals surface area (Å²) in [6.07, 6.45) is 8.54. The Bertz CT molecular complexity index is 640. The third-order valence-corrected chi connectivity index (χ3v) is 6.64. The van der Waals surface area contributed by atoms with Crippen molar-refractivity contribution in [1.82, 2.24) is 10.6 Å². The molecule has 2 heterocycles. The Hall–Kier alpha value is -0.770. The normalized spacial score (nSPS) is 23.8. The van der Waals surface area contributed by atoms with Crippen LogP contribution in [0.2, 0.25) is 0 Å². The lowest BCUT2D eigenvalue weighted by atomic mass is 9.96. The zero-order valence-corrected chi connectivity index (χ0v) is 17.6. The zero-order valence-electron chi connectivity index (χ0n) is 14.4. The summed E-state index contributed by atoms with van der Waals surface area (Å²) in [6, 6.07) is 4.22. The molecule has 0 radical (unpaired) electrons. The van der Waals surface area contributed by atoms with Gasteiger partial charge in [-0.1, -0.05) is 19.3 Å². The van der Waals surface area contributed by atoms with Gasteiger partial charge in [0.15, 0.2) is 15.8 Å². The lowest BCUT2D eigenvalue weighted by Crippen LogP contribution is -2.45. The minimum Gasteiger partial charge on any atom is -0.467 e. The van der Waals surface area contributed by atoms with Gasteiger partial charge in [0.2, 0.25) is 0 Å². The highest BCUT2D eigenvalue weighted by molar-refractivity contribution is 14.0. The van der Waals surface area contributed by atoms with Crippen molar-refractivity contribution in [2.45, 2.75) is 51.1 Å². The average Bonchev–Trinajstić information content (AvgIpc) is 3.20.